The molecule has 2 atom stereocenters. The van der Waals surface area contributed by atoms with E-state index < -0.39 is 0 Å². The second kappa shape index (κ2) is 8.10. The number of nitrogens with zero attached hydrogens (tertiary/aromatic N) is 4. The number of aromatic nitrogens is 3. The van der Waals surface area contributed by atoms with Crippen LogP contribution in [-0.2, 0) is 6.54 Å². The summed E-state index contributed by atoms with van der Waals surface area (Å²) in [5.41, 5.74) is 3.42. The lowest BCUT2D eigenvalue weighted by Gasteiger charge is -2.30. The van der Waals surface area contributed by atoms with Crippen LogP contribution in [0.2, 0.25) is 0 Å². The highest BCUT2D eigenvalue weighted by Gasteiger charge is 2.41. The second-order valence-corrected chi connectivity index (χ2v) is 7.98. The van der Waals surface area contributed by atoms with Crippen molar-refractivity contribution in [1.29, 1.82) is 0 Å². The van der Waals surface area contributed by atoms with Crippen molar-refractivity contribution < 1.29 is 0 Å². The molecule has 1 N–H and O–H groups in total. The Balaban J connectivity index is 1.73. The van der Waals surface area contributed by atoms with E-state index in [1.807, 2.05) is 30.6 Å². The molecule has 28 heavy (non-hydrogen) atoms. The monoisotopic (exact) mass is 391 g/mol. The molecule has 0 aromatic carbocycles. The fourth-order valence-electron chi connectivity index (χ4n) is 3.85. The predicted octanol–water partition coefficient (Wildman–Crippen LogP) is 3.95. The highest BCUT2D eigenvalue weighted by molar-refractivity contribution is 7.80. The topological polar surface area (TPSA) is 46.0 Å². The van der Waals surface area contributed by atoms with E-state index in [-0.39, 0.29) is 12.1 Å². The lowest BCUT2D eigenvalue weighted by molar-refractivity contribution is 0.277. The fourth-order valence-corrected chi connectivity index (χ4v) is 4.16. The number of thiocarbonyl (C=S) groups is 1. The Morgan fingerprint density at radius 3 is 2.71 bits per heavy atom. The minimum absolute atomic E-state index is 0.0231. The fraction of sp³-hybridized carbons (Fsp3) is 0.318. The molecule has 2 unspecified atom stereocenters. The zero-order valence-electron chi connectivity index (χ0n) is 16.2. The first kappa shape index (κ1) is 18.6. The van der Waals surface area contributed by atoms with Crippen molar-refractivity contribution in [2.75, 3.05) is 6.54 Å². The second-order valence-electron chi connectivity index (χ2n) is 7.60. The van der Waals surface area contributed by atoms with Crippen molar-refractivity contribution in [2.24, 2.45) is 5.92 Å². The van der Waals surface area contributed by atoms with Gasteiger partial charge in [-0.05, 0) is 54.0 Å². The van der Waals surface area contributed by atoms with Gasteiger partial charge in [-0.2, -0.15) is 0 Å². The molecule has 0 radical (unpaired) electrons. The molecule has 1 fully saturated rings. The average molecular weight is 392 g/mol. The predicted molar refractivity (Wildman–Crippen MR) is 115 cm³/mol. The SMILES string of the molecule is CC(C)CN1C(=S)NC(c2ccccn2)C1c1cccn1Cc1cccnc1. The molecule has 0 saturated carbocycles. The van der Waals surface area contributed by atoms with Crippen LogP contribution >= 0.6 is 12.2 Å². The summed E-state index contributed by atoms with van der Waals surface area (Å²) in [7, 11) is 0. The molecule has 6 heteroatoms. The van der Waals surface area contributed by atoms with Crippen molar-refractivity contribution >= 4 is 17.3 Å². The molecule has 0 amide bonds. The smallest absolute Gasteiger partial charge is 0.170 e. The lowest BCUT2D eigenvalue weighted by Crippen LogP contribution is -2.33. The van der Waals surface area contributed by atoms with Crippen LogP contribution in [0.3, 0.4) is 0 Å². The van der Waals surface area contributed by atoms with Gasteiger partial charge in [-0.25, -0.2) is 0 Å². The molecule has 5 nitrogen and oxygen atoms in total. The Morgan fingerprint density at radius 1 is 1.11 bits per heavy atom. The van der Waals surface area contributed by atoms with E-state index >= 15 is 0 Å². The van der Waals surface area contributed by atoms with Gasteiger partial charge >= 0.3 is 0 Å². The number of pyridine rings is 2. The summed E-state index contributed by atoms with van der Waals surface area (Å²) in [6.45, 7) is 6.13. The zero-order valence-corrected chi connectivity index (χ0v) is 17.0. The third kappa shape index (κ3) is 3.78. The van der Waals surface area contributed by atoms with Crippen LogP contribution in [0.25, 0.3) is 0 Å². The number of rotatable bonds is 6. The van der Waals surface area contributed by atoms with Crippen molar-refractivity contribution in [3.8, 4) is 0 Å². The van der Waals surface area contributed by atoms with E-state index in [4.69, 9.17) is 12.2 Å². The molecule has 4 heterocycles. The van der Waals surface area contributed by atoms with Gasteiger partial charge in [0.25, 0.3) is 0 Å². The first-order valence-corrected chi connectivity index (χ1v) is 10.1. The molecule has 1 saturated heterocycles. The quantitative estimate of drug-likeness (QED) is 0.645. The maximum atomic E-state index is 5.73. The van der Waals surface area contributed by atoms with Gasteiger partial charge in [-0.3, -0.25) is 9.97 Å². The Labute approximate surface area is 171 Å². The largest absolute Gasteiger partial charge is 0.352 e. The van der Waals surface area contributed by atoms with E-state index in [1.54, 1.807) is 6.20 Å². The summed E-state index contributed by atoms with van der Waals surface area (Å²) in [6.07, 6.45) is 7.70. The normalized spacial score (nSPS) is 19.2. The van der Waals surface area contributed by atoms with Crippen LogP contribution in [0.15, 0.2) is 67.3 Å². The van der Waals surface area contributed by atoms with E-state index in [0.29, 0.717) is 5.92 Å². The van der Waals surface area contributed by atoms with Gasteiger partial charge in [0, 0.05) is 43.6 Å². The zero-order chi connectivity index (χ0) is 19.5. The summed E-state index contributed by atoms with van der Waals surface area (Å²) in [5, 5.41) is 4.32. The van der Waals surface area contributed by atoms with Crippen molar-refractivity contribution in [3.63, 3.8) is 0 Å². The Morgan fingerprint density at radius 2 is 2.00 bits per heavy atom. The molecule has 1 aliphatic rings. The maximum Gasteiger partial charge on any atom is 0.170 e. The van der Waals surface area contributed by atoms with Crippen LogP contribution in [0, 0.1) is 5.92 Å². The summed E-state index contributed by atoms with van der Waals surface area (Å²) >= 11 is 5.73. The molecule has 0 aliphatic carbocycles. The van der Waals surface area contributed by atoms with Gasteiger partial charge in [0.2, 0.25) is 0 Å². The van der Waals surface area contributed by atoms with Crippen LogP contribution in [0.5, 0.6) is 0 Å². The van der Waals surface area contributed by atoms with Gasteiger partial charge in [0.1, 0.15) is 0 Å². The maximum absolute atomic E-state index is 5.73. The van der Waals surface area contributed by atoms with Crippen LogP contribution in [0.1, 0.15) is 42.9 Å². The highest BCUT2D eigenvalue weighted by atomic mass is 32.1. The Hall–Kier alpha value is -2.73. The minimum atomic E-state index is 0.0231. The Kier molecular flexibility index (Phi) is 5.39. The van der Waals surface area contributed by atoms with Gasteiger partial charge in [0.05, 0.1) is 17.8 Å². The van der Waals surface area contributed by atoms with Crippen LogP contribution in [0.4, 0.5) is 0 Å². The standard InChI is InChI=1S/C22H25N5S/c1-16(2)14-27-21(20(25-22(27)28)18-8-3-4-11-24-18)19-9-6-12-26(19)15-17-7-5-10-23-13-17/h3-13,16,20-21H,14-15H2,1-2H3,(H,25,28). The first-order chi connectivity index (χ1) is 13.6. The lowest BCUT2D eigenvalue weighted by atomic mass is 10.0. The molecule has 1 aliphatic heterocycles. The van der Waals surface area contributed by atoms with Gasteiger partial charge in [0.15, 0.2) is 5.11 Å². The molecule has 0 bridgehead atoms. The van der Waals surface area contributed by atoms with E-state index in [2.05, 4.69) is 69.1 Å². The van der Waals surface area contributed by atoms with Crippen LogP contribution in [-0.4, -0.2) is 31.1 Å². The summed E-state index contributed by atoms with van der Waals surface area (Å²) in [4.78, 5) is 11.2. The van der Waals surface area contributed by atoms with Crippen molar-refractivity contribution in [2.45, 2.75) is 32.5 Å². The first-order valence-electron chi connectivity index (χ1n) is 9.65. The third-order valence-electron chi connectivity index (χ3n) is 5.00. The van der Waals surface area contributed by atoms with Gasteiger partial charge in [-0.15, -0.1) is 0 Å². The summed E-state index contributed by atoms with van der Waals surface area (Å²) in [6, 6.07) is 14.6. The van der Waals surface area contributed by atoms with E-state index in [1.165, 1.54) is 11.3 Å². The molecule has 0 spiro atoms. The van der Waals surface area contributed by atoms with Gasteiger partial charge in [-0.1, -0.05) is 26.0 Å². The molecule has 144 valence electrons. The number of hydrogen-bond donors (Lipinski definition) is 1. The molecule has 3 aromatic heterocycles. The number of nitrogens with one attached hydrogen (secondary N) is 1. The van der Waals surface area contributed by atoms with E-state index in [0.717, 1.165) is 23.9 Å². The average Bonchev–Trinajstić information content (AvgIpc) is 3.27. The molecule has 3 aromatic rings. The van der Waals surface area contributed by atoms with Crippen LogP contribution < -0.4 is 5.32 Å². The van der Waals surface area contributed by atoms with Crippen molar-refractivity contribution in [1.82, 2.24) is 24.8 Å². The minimum Gasteiger partial charge on any atom is -0.352 e. The van der Waals surface area contributed by atoms with E-state index in [9.17, 15) is 0 Å². The van der Waals surface area contributed by atoms with Gasteiger partial charge < -0.3 is 14.8 Å². The molecular formula is C22H25N5S. The third-order valence-corrected chi connectivity index (χ3v) is 5.36. The Bertz CT molecular complexity index is 922. The molecule has 4 rings (SSSR count). The highest BCUT2D eigenvalue weighted by Crippen LogP contribution is 2.39. The molecular weight excluding hydrogens is 366 g/mol. The number of hydrogen-bond acceptors (Lipinski definition) is 3. The summed E-state index contributed by atoms with van der Waals surface area (Å²) in [5.74, 6) is 0.506. The van der Waals surface area contributed by atoms with Crippen molar-refractivity contribution in [3.05, 3.63) is 84.2 Å². The summed E-state index contributed by atoms with van der Waals surface area (Å²) < 4.78 is 2.29.